The zero-order chi connectivity index (χ0) is 18.4. The molecule has 0 radical (unpaired) electrons. The molecule has 0 aliphatic carbocycles. The zero-order valence-corrected chi connectivity index (χ0v) is 14.4. The third-order valence-corrected chi connectivity index (χ3v) is 3.71. The number of rotatable bonds is 7. The molecule has 25 heavy (non-hydrogen) atoms. The van der Waals surface area contributed by atoms with E-state index in [1.165, 1.54) is 25.0 Å². The van der Waals surface area contributed by atoms with Crippen LogP contribution >= 0.6 is 0 Å². The van der Waals surface area contributed by atoms with Crippen molar-refractivity contribution in [2.75, 3.05) is 20.8 Å². The quantitative estimate of drug-likeness (QED) is 0.724. The van der Waals surface area contributed by atoms with Gasteiger partial charge in [0.25, 0.3) is 5.91 Å². The largest absolute Gasteiger partial charge is 0.493 e. The van der Waals surface area contributed by atoms with E-state index in [1.54, 1.807) is 43.4 Å². The van der Waals surface area contributed by atoms with Gasteiger partial charge in [0, 0.05) is 24.7 Å². The van der Waals surface area contributed by atoms with Gasteiger partial charge in [-0.05, 0) is 31.2 Å². The minimum absolute atomic E-state index is 0.0921. The molecule has 0 aliphatic heterocycles. The summed E-state index contributed by atoms with van der Waals surface area (Å²) in [6, 6.07) is 11.0. The lowest BCUT2D eigenvalue weighted by Crippen LogP contribution is -2.31. The Morgan fingerprint density at radius 3 is 2.48 bits per heavy atom. The predicted octanol–water partition coefficient (Wildman–Crippen LogP) is 3.07. The molecule has 2 aromatic carbocycles. The van der Waals surface area contributed by atoms with E-state index in [2.05, 4.69) is 0 Å². The summed E-state index contributed by atoms with van der Waals surface area (Å²) in [6.45, 7) is 1.38. The van der Waals surface area contributed by atoms with Gasteiger partial charge in [0.1, 0.15) is 5.82 Å². The minimum atomic E-state index is -0.357. The molecule has 0 heterocycles. The van der Waals surface area contributed by atoms with Crippen LogP contribution < -0.4 is 9.47 Å². The number of hydrogen-bond donors (Lipinski definition) is 0. The highest BCUT2D eigenvalue weighted by Crippen LogP contribution is 2.28. The number of ketones is 1. The maximum atomic E-state index is 13.7. The van der Waals surface area contributed by atoms with Crippen LogP contribution in [-0.2, 0) is 11.3 Å². The van der Waals surface area contributed by atoms with Crippen molar-refractivity contribution in [3.8, 4) is 11.5 Å². The van der Waals surface area contributed by atoms with Crippen LogP contribution in [0.4, 0.5) is 4.39 Å². The standard InChI is InChI=1S/C19H20FNO4/c1-13(22)14-8-9-17(18(10-14)24-3)25-12-19(23)21(2)11-15-6-4-5-7-16(15)20/h4-10H,11-12H2,1-3H3. The van der Waals surface area contributed by atoms with E-state index in [9.17, 15) is 14.0 Å². The summed E-state index contributed by atoms with van der Waals surface area (Å²) < 4.78 is 24.3. The van der Waals surface area contributed by atoms with E-state index in [4.69, 9.17) is 9.47 Å². The third kappa shape index (κ3) is 4.79. The Kier molecular flexibility index (Phi) is 6.11. The molecule has 0 spiro atoms. The number of Topliss-reactive ketones (excluding diaryl/α,β-unsaturated/α-hetero) is 1. The fourth-order valence-electron chi connectivity index (χ4n) is 2.23. The second kappa shape index (κ2) is 8.28. The summed E-state index contributed by atoms with van der Waals surface area (Å²) in [4.78, 5) is 25.0. The smallest absolute Gasteiger partial charge is 0.260 e. The van der Waals surface area contributed by atoms with Gasteiger partial charge in [-0.15, -0.1) is 0 Å². The Morgan fingerprint density at radius 1 is 1.12 bits per heavy atom. The molecule has 2 rings (SSSR count). The van der Waals surface area contributed by atoms with E-state index in [0.717, 1.165) is 0 Å². The molecule has 0 saturated carbocycles. The van der Waals surface area contributed by atoms with Crippen molar-refractivity contribution < 1.29 is 23.5 Å². The Hall–Kier alpha value is -2.89. The molecule has 6 heteroatoms. The summed E-state index contributed by atoms with van der Waals surface area (Å²) in [6.07, 6.45) is 0. The van der Waals surface area contributed by atoms with Gasteiger partial charge in [0.2, 0.25) is 0 Å². The molecule has 132 valence electrons. The Labute approximate surface area is 146 Å². The molecule has 2 aromatic rings. The normalized spacial score (nSPS) is 10.2. The number of carbonyl (C=O) groups excluding carboxylic acids is 2. The van der Waals surface area contributed by atoms with E-state index in [1.807, 2.05) is 0 Å². The number of carbonyl (C=O) groups is 2. The van der Waals surface area contributed by atoms with Crippen molar-refractivity contribution >= 4 is 11.7 Å². The second-order valence-corrected chi connectivity index (χ2v) is 5.55. The van der Waals surface area contributed by atoms with E-state index in [-0.39, 0.29) is 30.7 Å². The van der Waals surface area contributed by atoms with Gasteiger partial charge in [0.15, 0.2) is 23.9 Å². The van der Waals surface area contributed by atoms with Crippen LogP contribution in [0.25, 0.3) is 0 Å². The molecule has 0 N–H and O–H groups in total. The minimum Gasteiger partial charge on any atom is -0.493 e. The fourth-order valence-corrected chi connectivity index (χ4v) is 2.23. The number of nitrogens with zero attached hydrogens (tertiary/aromatic N) is 1. The summed E-state index contributed by atoms with van der Waals surface area (Å²) in [7, 11) is 3.03. The van der Waals surface area contributed by atoms with Crippen LogP contribution in [0.1, 0.15) is 22.8 Å². The van der Waals surface area contributed by atoms with E-state index in [0.29, 0.717) is 22.6 Å². The van der Waals surface area contributed by atoms with Gasteiger partial charge in [-0.2, -0.15) is 0 Å². The van der Waals surface area contributed by atoms with Crippen molar-refractivity contribution in [3.05, 3.63) is 59.4 Å². The van der Waals surface area contributed by atoms with Crippen molar-refractivity contribution in [1.29, 1.82) is 0 Å². The van der Waals surface area contributed by atoms with Crippen LogP contribution in [0.15, 0.2) is 42.5 Å². The molecule has 0 aliphatic rings. The molecule has 0 aromatic heterocycles. The molecule has 0 bridgehead atoms. The second-order valence-electron chi connectivity index (χ2n) is 5.55. The molecule has 0 unspecified atom stereocenters. The summed E-state index contributed by atoms with van der Waals surface area (Å²) in [5.41, 5.74) is 0.925. The topological polar surface area (TPSA) is 55.8 Å². The number of benzene rings is 2. The van der Waals surface area contributed by atoms with E-state index < -0.39 is 0 Å². The van der Waals surface area contributed by atoms with Crippen molar-refractivity contribution in [3.63, 3.8) is 0 Å². The summed E-state index contributed by atoms with van der Waals surface area (Å²) in [5, 5.41) is 0. The van der Waals surface area contributed by atoms with Crippen molar-refractivity contribution in [1.82, 2.24) is 4.90 Å². The number of ether oxygens (including phenoxy) is 2. The van der Waals surface area contributed by atoms with Crippen LogP contribution in [0.2, 0.25) is 0 Å². The molecule has 0 fully saturated rings. The monoisotopic (exact) mass is 345 g/mol. The maximum absolute atomic E-state index is 13.7. The SMILES string of the molecule is COc1cc(C(C)=O)ccc1OCC(=O)N(C)Cc1ccccc1F. The van der Waals surface area contributed by atoms with Crippen LogP contribution in [0.3, 0.4) is 0 Å². The summed E-state index contributed by atoms with van der Waals surface area (Å²) >= 11 is 0. The van der Waals surface area contributed by atoms with Crippen LogP contribution in [-0.4, -0.2) is 37.4 Å². The van der Waals surface area contributed by atoms with Gasteiger partial charge in [0.05, 0.1) is 7.11 Å². The first-order valence-electron chi connectivity index (χ1n) is 7.71. The van der Waals surface area contributed by atoms with Gasteiger partial charge in [-0.3, -0.25) is 9.59 Å². The Morgan fingerprint density at radius 2 is 1.84 bits per heavy atom. The molecular weight excluding hydrogens is 325 g/mol. The molecule has 0 saturated heterocycles. The number of hydrogen-bond acceptors (Lipinski definition) is 4. The van der Waals surface area contributed by atoms with Crippen LogP contribution in [0.5, 0.6) is 11.5 Å². The van der Waals surface area contributed by atoms with Gasteiger partial charge in [-0.25, -0.2) is 4.39 Å². The first kappa shape index (κ1) is 18.4. The van der Waals surface area contributed by atoms with Crippen LogP contribution in [0, 0.1) is 5.82 Å². The highest BCUT2D eigenvalue weighted by atomic mass is 19.1. The Bertz CT molecular complexity index is 776. The highest BCUT2D eigenvalue weighted by Gasteiger charge is 2.14. The lowest BCUT2D eigenvalue weighted by Gasteiger charge is -2.18. The number of amides is 1. The lowest BCUT2D eigenvalue weighted by atomic mass is 10.1. The van der Waals surface area contributed by atoms with E-state index >= 15 is 0 Å². The Balaban J connectivity index is 1.99. The first-order valence-corrected chi connectivity index (χ1v) is 7.71. The number of methoxy groups -OCH3 is 1. The highest BCUT2D eigenvalue weighted by molar-refractivity contribution is 5.94. The molecular formula is C19H20FNO4. The molecule has 5 nitrogen and oxygen atoms in total. The maximum Gasteiger partial charge on any atom is 0.260 e. The average Bonchev–Trinajstić information content (AvgIpc) is 2.61. The van der Waals surface area contributed by atoms with Gasteiger partial charge >= 0.3 is 0 Å². The lowest BCUT2D eigenvalue weighted by molar-refractivity contribution is -0.132. The fraction of sp³-hybridized carbons (Fsp3) is 0.263. The summed E-state index contributed by atoms with van der Waals surface area (Å²) in [5.74, 6) is -0.0199. The average molecular weight is 345 g/mol. The van der Waals surface area contributed by atoms with Crippen molar-refractivity contribution in [2.24, 2.45) is 0 Å². The number of likely N-dealkylation sites (N-methyl/N-ethyl adjacent to an activating group) is 1. The van der Waals surface area contributed by atoms with Gasteiger partial charge in [-0.1, -0.05) is 18.2 Å². The zero-order valence-electron chi connectivity index (χ0n) is 14.4. The first-order chi connectivity index (χ1) is 11.9. The third-order valence-electron chi connectivity index (χ3n) is 3.71. The van der Waals surface area contributed by atoms with Crippen molar-refractivity contribution in [2.45, 2.75) is 13.5 Å². The van der Waals surface area contributed by atoms with Gasteiger partial charge < -0.3 is 14.4 Å². The number of halogens is 1. The molecule has 1 amide bonds. The predicted molar refractivity (Wildman–Crippen MR) is 91.4 cm³/mol. The molecule has 0 atom stereocenters.